The van der Waals surface area contributed by atoms with Crippen LogP contribution in [0.15, 0.2) is 30.7 Å². The lowest BCUT2D eigenvalue weighted by Crippen LogP contribution is -2.46. The first-order valence-corrected chi connectivity index (χ1v) is 9.21. The first-order chi connectivity index (χ1) is 11.9. The third-order valence-electron chi connectivity index (χ3n) is 4.76. The van der Waals surface area contributed by atoms with E-state index in [1.165, 1.54) is 23.5 Å². The molecule has 1 saturated carbocycles. The van der Waals surface area contributed by atoms with Gasteiger partial charge in [-0.25, -0.2) is 9.97 Å². The van der Waals surface area contributed by atoms with Crippen LogP contribution in [0.2, 0.25) is 0 Å². The van der Waals surface area contributed by atoms with E-state index in [1.54, 1.807) is 17.7 Å². The minimum Gasteiger partial charge on any atom is -0.368 e. The second-order valence-corrected chi connectivity index (χ2v) is 7.42. The van der Waals surface area contributed by atoms with Crippen LogP contribution in [0.25, 0.3) is 10.9 Å². The highest BCUT2D eigenvalue weighted by molar-refractivity contribution is 7.15. The average Bonchev–Trinajstić information content (AvgIpc) is 3.38. The smallest absolute Gasteiger partial charge is 0.208 e. The van der Waals surface area contributed by atoms with Gasteiger partial charge in [0.25, 0.3) is 0 Å². The van der Waals surface area contributed by atoms with Crippen molar-refractivity contribution in [2.75, 3.05) is 36.0 Å². The molecule has 0 amide bonds. The van der Waals surface area contributed by atoms with Gasteiger partial charge in [0.15, 0.2) is 0 Å². The maximum absolute atomic E-state index is 4.40. The third-order valence-corrected chi connectivity index (χ3v) is 5.91. The summed E-state index contributed by atoms with van der Waals surface area (Å²) in [6.45, 7) is 3.97. The Morgan fingerprint density at radius 2 is 1.83 bits per heavy atom. The van der Waals surface area contributed by atoms with Gasteiger partial charge in [0.05, 0.1) is 5.52 Å². The molecule has 1 saturated heterocycles. The van der Waals surface area contributed by atoms with Gasteiger partial charge in [-0.2, -0.15) is 0 Å². The Labute approximate surface area is 144 Å². The predicted octanol–water partition coefficient (Wildman–Crippen LogP) is 2.69. The first-order valence-electron chi connectivity index (χ1n) is 8.40. The van der Waals surface area contributed by atoms with Crippen molar-refractivity contribution in [2.45, 2.75) is 18.8 Å². The molecule has 122 valence electrons. The number of nitrogens with zero attached hydrogens (tertiary/aromatic N) is 6. The Kier molecular flexibility index (Phi) is 3.33. The molecule has 3 aromatic rings. The molecule has 0 atom stereocenters. The molecule has 6 nitrogen and oxygen atoms in total. The van der Waals surface area contributed by atoms with Crippen LogP contribution in [0, 0.1) is 0 Å². The minimum atomic E-state index is 0.692. The SMILES string of the molecule is c1ncc2cc(N3CCN(c4nnc(C5CC5)s4)CC3)ccc2n1. The fourth-order valence-corrected chi connectivity index (χ4v) is 4.24. The summed E-state index contributed by atoms with van der Waals surface area (Å²) in [7, 11) is 0. The lowest BCUT2D eigenvalue weighted by molar-refractivity contribution is 0.649. The number of piperazine rings is 1. The normalized spacial score (nSPS) is 18.3. The Morgan fingerprint density at radius 3 is 2.67 bits per heavy atom. The average molecular weight is 338 g/mol. The molecule has 2 aliphatic rings. The van der Waals surface area contributed by atoms with E-state index >= 15 is 0 Å². The molecular weight excluding hydrogens is 320 g/mol. The van der Waals surface area contributed by atoms with Gasteiger partial charge in [-0.15, -0.1) is 10.2 Å². The van der Waals surface area contributed by atoms with Crippen LogP contribution in [0.1, 0.15) is 23.8 Å². The van der Waals surface area contributed by atoms with E-state index in [0.717, 1.165) is 42.2 Å². The van der Waals surface area contributed by atoms with Gasteiger partial charge < -0.3 is 9.80 Å². The summed E-state index contributed by atoms with van der Waals surface area (Å²) in [5.74, 6) is 0.692. The van der Waals surface area contributed by atoms with Crippen molar-refractivity contribution in [3.63, 3.8) is 0 Å². The molecular formula is C17H18N6S. The van der Waals surface area contributed by atoms with Gasteiger partial charge in [0.1, 0.15) is 11.3 Å². The summed E-state index contributed by atoms with van der Waals surface area (Å²) < 4.78 is 0. The van der Waals surface area contributed by atoms with Gasteiger partial charge in [-0.05, 0) is 31.0 Å². The fourth-order valence-electron chi connectivity index (χ4n) is 3.17. The van der Waals surface area contributed by atoms with Gasteiger partial charge in [0, 0.05) is 49.4 Å². The van der Waals surface area contributed by atoms with E-state index in [0.29, 0.717) is 5.92 Å². The van der Waals surface area contributed by atoms with Crippen LogP contribution in [-0.4, -0.2) is 46.3 Å². The standard InChI is InChI=1S/C17H18N6S/c1-2-12(1)16-20-21-17(24-16)23-7-5-22(6-8-23)14-3-4-15-13(9-14)10-18-11-19-15/h3-4,9-12H,1-2,5-8H2. The summed E-state index contributed by atoms with van der Waals surface area (Å²) in [4.78, 5) is 13.2. The Hall–Kier alpha value is -2.28. The molecule has 1 aliphatic heterocycles. The quantitative estimate of drug-likeness (QED) is 0.732. The van der Waals surface area contributed by atoms with E-state index in [1.807, 2.05) is 6.20 Å². The molecule has 5 rings (SSSR count). The lowest BCUT2D eigenvalue weighted by atomic mass is 10.2. The third kappa shape index (κ3) is 2.58. The van der Waals surface area contributed by atoms with Crippen LogP contribution in [0.5, 0.6) is 0 Å². The second kappa shape index (κ2) is 5.66. The lowest BCUT2D eigenvalue weighted by Gasteiger charge is -2.35. The van der Waals surface area contributed by atoms with E-state index in [9.17, 15) is 0 Å². The summed E-state index contributed by atoms with van der Waals surface area (Å²) in [6.07, 6.45) is 6.05. The van der Waals surface area contributed by atoms with Crippen molar-refractivity contribution >= 4 is 33.1 Å². The molecule has 7 heteroatoms. The van der Waals surface area contributed by atoms with Crippen molar-refractivity contribution in [1.82, 2.24) is 20.2 Å². The second-order valence-electron chi connectivity index (χ2n) is 6.44. The zero-order chi connectivity index (χ0) is 15.9. The van der Waals surface area contributed by atoms with Crippen molar-refractivity contribution < 1.29 is 0 Å². The highest BCUT2D eigenvalue weighted by Crippen LogP contribution is 2.42. The first kappa shape index (κ1) is 14.1. The molecule has 2 fully saturated rings. The number of anilines is 2. The maximum Gasteiger partial charge on any atom is 0.208 e. The maximum atomic E-state index is 4.40. The van der Waals surface area contributed by atoms with Crippen LogP contribution < -0.4 is 9.80 Å². The molecule has 0 radical (unpaired) electrons. The molecule has 24 heavy (non-hydrogen) atoms. The van der Waals surface area contributed by atoms with E-state index in [2.05, 4.69) is 48.2 Å². The van der Waals surface area contributed by atoms with Crippen LogP contribution in [-0.2, 0) is 0 Å². The van der Waals surface area contributed by atoms with Gasteiger partial charge >= 0.3 is 0 Å². The van der Waals surface area contributed by atoms with Crippen molar-refractivity contribution in [3.05, 3.63) is 35.7 Å². The number of hydrogen-bond acceptors (Lipinski definition) is 7. The van der Waals surface area contributed by atoms with E-state index in [-0.39, 0.29) is 0 Å². The summed E-state index contributed by atoms with van der Waals surface area (Å²) >= 11 is 1.78. The summed E-state index contributed by atoms with van der Waals surface area (Å²) in [6, 6.07) is 6.41. The Bertz CT molecular complexity index is 866. The zero-order valence-electron chi connectivity index (χ0n) is 13.3. The minimum absolute atomic E-state index is 0.692. The topological polar surface area (TPSA) is 58.0 Å². The Morgan fingerprint density at radius 1 is 1.00 bits per heavy atom. The monoisotopic (exact) mass is 338 g/mol. The van der Waals surface area contributed by atoms with E-state index in [4.69, 9.17) is 0 Å². The summed E-state index contributed by atoms with van der Waals surface area (Å²) in [5.41, 5.74) is 2.24. The molecule has 2 aromatic heterocycles. The molecule has 1 aromatic carbocycles. The van der Waals surface area contributed by atoms with Gasteiger partial charge in [0.2, 0.25) is 5.13 Å². The predicted molar refractivity (Wildman–Crippen MR) is 95.8 cm³/mol. The molecule has 3 heterocycles. The van der Waals surface area contributed by atoms with Crippen molar-refractivity contribution in [1.29, 1.82) is 0 Å². The number of hydrogen-bond donors (Lipinski definition) is 0. The Balaban J connectivity index is 1.29. The van der Waals surface area contributed by atoms with Crippen molar-refractivity contribution in [3.8, 4) is 0 Å². The van der Waals surface area contributed by atoms with Gasteiger partial charge in [-0.1, -0.05) is 11.3 Å². The van der Waals surface area contributed by atoms with Crippen molar-refractivity contribution in [2.24, 2.45) is 0 Å². The fraction of sp³-hybridized carbons (Fsp3) is 0.412. The van der Waals surface area contributed by atoms with Crippen LogP contribution in [0.4, 0.5) is 10.8 Å². The highest BCUT2D eigenvalue weighted by Gasteiger charge is 2.29. The van der Waals surface area contributed by atoms with Gasteiger partial charge in [-0.3, -0.25) is 0 Å². The highest BCUT2D eigenvalue weighted by atomic mass is 32.1. The van der Waals surface area contributed by atoms with Crippen LogP contribution in [0.3, 0.4) is 0 Å². The summed E-state index contributed by atoms with van der Waals surface area (Å²) in [5, 5.41) is 12.2. The molecule has 1 aliphatic carbocycles. The van der Waals surface area contributed by atoms with Crippen LogP contribution >= 0.6 is 11.3 Å². The zero-order valence-corrected chi connectivity index (χ0v) is 14.1. The molecule has 0 bridgehead atoms. The molecule has 0 spiro atoms. The number of benzene rings is 1. The molecule has 0 unspecified atom stereocenters. The number of aromatic nitrogens is 4. The number of fused-ring (bicyclic) bond motifs is 1. The van der Waals surface area contributed by atoms with E-state index < -0.39 is 0 Å². The largest absolute Gasteiger partial charge is 0.368 e. The number of rotatable bonds is 3. The molecule has 0 N–H and O–H groups in total.